The number of rotatable bonds is 6. The van der Waals surface area contributed by atoms with Gasteiger partial charge in [0, 0.05) is 5.56 Å². The molecule has 1 aromatic carbocycles. The van der Waals surface area contributed by atoms with Gasteiger partial charge in [-0.15, -0.1) is 0 Å². The average Bonchev–Trinajstić information content (AvgIpc) is 2.49. The highest BCUT2D eigenvalue weighted by Crippen LogP contribution is 2.29. The van der Waals surface area contributed by atoms with Crippen LogP contribution in [0.25, 0.3) is 0 Å². The van der Waals surface area contributed by atoms with Gasteiger partial charge in [-0.2, -0.15) is 0 Å². The Morgan fingerprint density at radius 1 is 1.37 bits per heavy atom. The predicted octanol–water partition coefficient (Wildman–Crippen LogP) is 2.15. The van der Waals surface area contributed by atoms with Crippen molar-refractivity contribution in [2.75, 3.05) is 33.5 Å². The van der Waals surface area contributed by atoms with Gasteiger partial charge in [0.15, 0.2) is 0 Å². The summed E-state index contributed by atoms with van der Waals surface area (Å²) < 4.78 is 16.8. The predicted molar refractivity (Wildman–Crippen MR) is 74.6 cm³/mol. The zero-order chi connectivity index (χ0) is 13.5. The molecule has 0 aliphatic carbocycles. The van der Waals surface area contributed by atoms with E-state index in [4.69, 9.17) is 14.2 Å². The third-order valence-corrected chi connectivity index (χ3v) is 3.30. The Bertz CT molecular complexity index is 377. The second kappa shape index (κ2) is 7.48. The van der Waals surface area contributed by atoms with Gasteiger partial charge in [0.05, 0.1) is 33.0 Å². The molecular formula is C15H23NO3. The molecule has 106 valence electrons. The molecule has 4 nitrogen and oxygen atoms in total. The Balaban J connectivity index is 2.19. The van der Waals surface area contributed by atoms with E-state index in [0.717, 1.165) is 24.3 Å². The topological polar surface area (TPSA) is 39.7 Å². The van der Waals surface area contributed by atoms with Gasteiger partial charge in [-0.3, -0.25) is 0 Å². The third kappa shape index (κ3) is 3.69. The minimum absolute atomic E-state index is 0.0385. The quantitative estimate of drug-likeness (QED) is 0.855. The normalized spacial score (nSPS) is 21.1. The summed E-state index contributed by atoms with van der Waals surface area (Å²) in [5, 5.41) is 3.55. The molecule has 1 N–H and O–H groups in total. The zero-order valence-corrected chi connectivity index (χ0v) is 11.7. The summed E-state index contributed by atoms with van der Waals surface area (Å²) in [7, 11) is 1.70. The number of hydrogen-bond donors (Lipinski definition) is 1. The molecule has 1 saturated heterocycles. The molecule has 0 bridgehead atoms. The largest absolute Gasteiger partial charge is 0.496 e. The summed E-state index contributed by atoms with van der Waals surface area (Å²) in [5.41, 5.74) is 1.13. The van der Waals surface area contributed by atoms with Gasteiger partial charge < -0.3 is 19.5 Å². The number of benzene rings is 1. The van der Waals surface area contributed by atoms with Crippen LogP contribution < -0.4 is 10.1 Å². The van der Waals surface area contributed by atoms with E-state index in [1.165, 1.54) is 0 Å². The lowest BCUT2D eigenvalue weighted by atomic mass is 10.00. The minimum atomic E-state index is 0.0385. The SMILES string of the molecule is CCCNC(c1ccccc1OC)C1COCCO1. The maximum Gasteiger partial charge on any atom is 0.123 e. The maximum atomic E-state index is 5.85. The second-order valence-corrected chi connectivity index (χ2v) is 4.66. The second-order valence-electron chi connectivity index (χ2n) is 4.66. The van der Waals surface area contributed by atoms with Crippen LogP contribution in [0.4, 0.5) is 0 Å². The average molecular weight is 265 g/mol. The first kappa shape index (κ1) is 14.3. The first-order valence-corrected chi connectivity index (χ1v) is 6.92. The fourth-order valence-electron chi connectivity index (χ4n) is 2.36. The van der Waals surface area contributed by atoms with Crippen LogP contribution >= 0.6 is 0 Å². The lowest BCUT2D eigenvalue weighted by Crippen LogP contribution is -2.41. The van der Waals surface area contributed by atoms with E-state index in [1.807, 2.05) is 18.2 Å². The zero-order valence-electron chi connectivity index (χ0n) is 11.7. The van der Waals surface area contributed by atoms with Crippen molar-refractivity contribution in [2.24, 2.45) is 0 Å². The summed E-state index contributed by atoms with van der Waals surface area (Å²) in [6, 6.07) is 8.19. The van der Waals surface area contributed by atoms with E-state index in [-0.39, 0.29) is 12.1 Å². The molecule has 2 rings (SSSR count). The van der Waals surface area contributed by atoms with Gasteiger partial charge in [0.25, 0.3) is 0 Å². The molecule has 0 amide bonds. The van der Waals surface area contributed by atoms with Crippen LogP contribution in [0, 0.1) is 0 Å². The van der Waals surface area contributed by atoms with Crippen molar-refractivity contribution in [1.29, 1.82) is 0 Å². The Hall–Kier alpha value is -1.10. The Morgan fingerprint density at radius 3 is 2.89 bits per heavy atom. The molecule has 19 heavy (non-hydrogen) atoms. The van der Waals surface area contributed by atoms with Crippen LogP contribution in [0.3, 0.4) is 0 Å². The van der Waals surface area contributed by atoms with E-state index in [0.29, 0.717) is 19.8 Å². The Kier molecular flexibility index (Phi) is 5.63. The number of ether oxygens (including phenoxy) is 3. The van der Waals surface area contributed by atoms with Crippen molar-refractivity contribution in [3.05, 3.63) is 29.8 Å². The molecule has 0 radical (unpaired) electrons. The van der Waals surface area contributed by atoms with Gasteiger partial charge in [0.1, 0.15) is 11.9 Å². The van der Waals surface area contributed by atoms with Crippen molar-refractivity contribution in [2.45, 2.75) is 25.5 Å². The number of para-hydroxylation sites is 1. The summed E-state index contributed by atoms with van der Waals surface area (Å²) >= 11 is 0. The van der Waals surface area contributed by atoms with Gasteiger partial charge in [-0.1, -0.05) is 25.1 Å². The number of hydrogen-bond acceptors (Lipinski definition) is 4. The molecule has 0 spiro atoms. The first-order chi connectivity index (χ1) is 9.36. The molecule has 4 heteroatoms. The molecule has 1 aromatic rings. The molecule has 2 unspecified atom stereocenters. The molecule has 0 saturated carbocycles. The maximum absolute atomic E-state index is 5.85. The van der Waals surface area contributed by atoms with Crippen LogP contribution in [0.5, 0.6) is 5.75 Å². The van der Waals surface area contributed by atoms with Crippen molar-refractivity contribution >= 4 is 0 Å². The highest BCUT2D eigenvalue weighted by Gasteiger charge is 2.28. The molecular weight excluding hydrogens is 242 g/mol. The van der Waals surface area contributed by atoms with E-state index >= 15 is 0 Å². The van der Waals surface area contributed by atoms with Crippen molar-refractivity contribution < 1.29 is 14.2 Å². The summed E-state index contributed by atoms with van der Waals surface area (Å²) in [4.78, 5) is 0. The lowest BCUT2D eigenvalue weighted by molar-refractivity contribution is -0.102. The standard InChI is InChI=1S/C15H23NO3/c1-3-8-16-15(14-11-18-9-10-19-14)12-6-4-5-7-13(12)17-2/h4-7,14-16H,3,8-11H2,1-2H3. The van der Waals surface area contributed by atoms with Crippen LogP contribution in [-0.4, -0.2) is 39.6 Å². The monoisotopic (exact) mass is 265 g/mol. The van der Waals surface area contributed by atoms with Gasteiger partial charge in [-0.05, 0) is 19.0 Å². The summed E-state index contributed by atoms with van der Waals surface area (Å²) in [5.74, 6) is 0.894. The highest BCUT2D eigenvalue weighted by molar-refractivity contribution is 5.36. The van der Waals surface area contributed by atoms with E-state index in [9.17, 15) is 0 Å². The van der Waals surface area contributed by atoms with Crippen LogP contribution in [0.1, 0.15) is 24.9 Å². The summed E-state index contributed by atoms with van der Waals surface area (Å²) in [6.07, 6.45) is 1.12. The third-order valence-electron chi connectivity index (χ3n) is 3.30. The summed E-state index contributed by atoms with van der Waals surface area (Å²) in [6.45, 7) is 5.07. The van der Waals surface area contributed by atoms with Crippen LogP contribution in [0.15, 0.2) is 24.3 Å². The fourth-order valence-corrected chi connectivity index (χ4v) is 2.36. The minimum Gasteiger partial charge on any atom is -0.496 e. The van der Waals surface area contributed by atoms with E-state index < -0.39 is 0 Å². The van der Waals surface area contributed by atoms with Crippen LogP contribution in [-0.2, 0) is 9.47 Å². The van der Waals surface area contributed by atoms with Gasteiger partial charge >= 0.3 is 0 Å². The fraction of sp³-hybridized carbons (Fsp3) is 0.600. The molecule has 1 heterocycles. The molecule has 1 aliphatic rings. The van der Waals surface area contributed by atoms with E-state index in [2.05, 4.69) is 18.3 Å². The van der Waals surface area contributed by atoms with Crippen molar-refractivity contribution in [1.82, 2.24) is 5.32 Å². The highest BCUT2D eigenvalue weighted by atomic mass is 16.6. The molecule has 1 aliphatic heterocycles. The number of methoxy groups -OCH3 is 1. The molecule has 0 aromatic heterocycles. The molecule has 2 atom stereocenters. The van der Waals surface area contributed by atoms with E-state index in [1.54, 1.807) is 7.11 Å². The smallest absolute Gasteiger partial charge is 0.123 e. The lowest BCUT2D eigenvalue weighted by Gasteiger charge is -2.32. The van der Waals surface area contributed by atoms with Gasteiger partial charge in [0.2, 0.25) is 0 Å². The first-order valence-electron chi connectivity index (χ1n) is 6.92. The Morgan fingerprint density at radius 2 is 2.21 bits per heavy atom. The van der Waals surface area contributed by atoms with Crippen molar-refractivity contribution in [3.8, 4) is 5.75 Å². The van der Waals surface area contributed by atoms with Crippen LogP contribution in [0.2, 0.25) is 0 Å². The Labute approximate surface area is 115 Å². The van der Waals surface area contributed by atoms with Crippen molar-refractivity contribution in [3.63, 3.8) is 0 Å². The number of nitrogens with one attached hydrogen (secondary N) is 1. The molecule has 1 fully saturated rings. The van der Waals surface area contributed by atoms with Gasteiger partial charge in [-0.25, -0.2) is 0 Å².